The topological polar surface area (TPSA) is 68.0 Å². The van der Waals surface area contributed by atoms with E-state index in [9.17, 15) is 9.18 Å². The van der Waals surface area contributed by atoms with Gasteiger partial charge in [0.05, 0.1) is 22.3 Å². The van der Waals surface area contributed by atoms with E-state index in [1.165, 1.54) is 18.2 Å². The van der Waals surface area contributed by atoms with Gasteiger partial charge in [-0.2, -0.15) is 0 Å². The van der Waals surface area contributed by atoms with Gasteiger partial charge in [0.1, 0.15) is 5.82 Å². The van der Waals surface area contributed by atoms with Crippen LogP contribution in [0.4, 0.5) is 10.1 Å². The second kappa shape index (κ2) is 6.46. The SMILES string of the molecule is CC(C)c1noc2nc(C3CC3)cc(C(=O)Nc3ccc(F)cc3Br)c12. The molecule has 1 fully saturated rings. The van der Waals surface area contributed by atoms with E-state index in [2.05, 4.69) is 31.4 Å². The summed E-state index contributed by atoms with van der Waals surface area (Å²) < 4.78 is 19.2. The number of pyridine rings is 1. The molecule has 1 N–H and O–H groups in total. The largest absolute Gasteiger partial charge is 0.335 e. The maximum absolute atomic E-state index is 13.3. The number of hydrogen-bond donors (Lipinski definition) is 1. The summed E-state index contributed by atoms with van der Waals surface area (Å²) in [7, 11) is 0. The van der Waals surface area contributed by atoms with Crippen LogP contribution < -0.4 is 5.32 Å². The number of carbonyl (C=O) groups excluding carboxylic acids is 1. The van der Waals surface area contributed by atoms with Crippen molar-refractivity contribution in [2.75, 3.05) is 5.32 Å². The van der Waals surface area contributed by atoms with E-state index in [4.69, 9.17) is 4.52 Å². The van der Waals surface area contributed by atoms with Gasteiger partial charge in [0, 0.05) is 16.1 Å². The van der Waals surface area contributed by atoms with Crippen LogP contribution in [0.25, 0.3) is 11.1 Å². The van der Waals surface area contributed by atoms with Gasteiger partial charge in [-0.1, -0.05) is 19.0 Å². The summed E-state index contributed by atoms with van der Waals surface area (Å²) in [6.45, 7) is 3.98. The molecule has 2 aromatic heterocycles. The van der Waals surface area contributed by atoms with Crippen LogP contribution in [0.3, 0.4) is 0 Å². The number of amides is 1. The van der Waals surface area contributed by atoms with Crippen molar-refractivity contribution >= 4 is 38.6 Å². The average molecular weight is 418 g/mol. The number of fused-ring (bicyclic) bond motifs is 1. The summed E-state index contributed by atoms with van der Waals surface area (Å²) in [6, 6.07) is 5.97. The van der Waals surface area contributed by atoms with Crippen molar-refractivity contribution in [2.45, 2.75) is 38.5 Å². The number of aromatic nitrogens is 2. The van der Waals surface area contributed by atoms with E-state index in [1.54, 1.807) is 0 Å². The minimum absolute atomic E-state index is 0.0916. The monoisotopic (exact) mass is 417 g/mol. The first kappa shape index (κ1) is 17.1. The molecule has 134 valence electrons. The molecule has 26 heavy (non-hydrogen) atoms. The molecule has 1 amide bonds. The van der Waals surface area contributed by atoms with Gasteiger partial charge in [0.15, 0.2) is 0 Å². The molecule has 1 saturated carbocycles. The average Bonchev–Trinajstić information content (AvgIpc) is 3.35. The third-order valence-corrected chi connectivity index (χ3v) is 5.12. The van der Waals surface area contributed by atoms with Gasteiger partial charge in [0.25, 0.3) is 11.6 Å². The van der Waals surface area contributed by atoms with E-state index >= 15 is 0 Å². The van der Waals surface area contributed by atoms with Crippen LogP contribution in [-0.2, 0) is 0 Å². The van der Waals surface area contributed by atoms with Gasteiger partial charge in [-0.25, -0.2) is 9.37 Å². The molecule has 0 atom stereocenters. The van der Waals surface area contributed by atoms with Crippen molar-refractivity contribution in [3.63, 3.8) is 0 Å². The normalized spacial score (nSPS) is 14.2. The maximum Gasteiger partial charge on any atom is 0.259 e. The van der Waals surface area contributed by atoms with Crippen molar-refractivity contribution in [1.82, 2.24) is 10.1 Å². The molecular weight excluding hydrogens is 401 g/mol. The lowest BCUT2D eigenvalue weighted by Gasteiger charge is -2.10. The van der Waals surface area contributed by atoms with Gasteiger partial charge in [0.2, 0.25) is 0 Å². The highest BCUT2D eigenvalue weighted by Gasteiger charge is 2.29. The molecule has 2 heterocycles. The fourth-order valence-electron chi connectivity index (χ4n) is 2.93. The summed E-state index contributed by atoms with van der Waals surface area (Å²) in [4.78, 5) is 17.6. The van der Waals surface area contributed by atoms with E-state index in [-0.39, 0.29) is 17.6 Å². The Morgan fingerprint density at radius 3 is 2.77 bits per heavy atom. The molecular formula is C19H17BrFN3O2. The van der Waals surface area contributed by atoms with Crippen LogP contribution in [0.5, 0.6) is 0 Å². The molecule has 1 aliphatic carbocycles. The summed E-state index contributed by atoms with van der Waals surface area (Å²) >= 11 is 3.28. The third-order valence-electron chi connectivity index (χ3n) is 4.46. The van der Waals surface area contributed by atoms with E-state index in [1.807, 2.05) is 19.9 Å². The molecule has 0 radical (unpaired) electrons. The minimum Gasteiger partial charge on any atom is -0.335 e. The first-order chi connectivity index (χ1) is 12.4. The van der Waals surface area contributed by atoms with Crippen LogP contribution in [0.15, 0.2) is 33.3 Å². The van der Waals surface area contributed by atoms with Gasteiger partial charge < -0.3 is 9.84 Å². The van der Waals surface area contributed by atoms with Gasteiger partial charge in [-0.3, -0.25) is 4.79 Å². The lowest BCUT2D eigenvalue weighted by Crippen LogP contribution is -2.14. The fourth-order valence-corrected chi connectivity index (χ4v) is 3.38. The van der Waals surface area contributed by atoms with Crippen LogP contribution in [0, 0.1) is 5.82 Å². The summed E-state index contributed by atoms with van der Waals surface area (Å²) in [5.74, 6) is -0.208. The highest BCUT2D eigenvalue weighted by atomic mass is 79.9. The number of hydrogen-bond acceptors (Lipinski definition) is 4. The minimum atomic E-state index is -0.377. The second-order valence-corrected chi connectivity index (χ2v) is 7.70. The Labute approximate surface area is 158 Å². The summed E-state index contributed by atoms with van der Waals surface area (Å²) in [5.41, 5.74) is 2.93. The fraction of sp³-hybridized carbons (Fsp3) is 0.316. The highest BCUT2D eigenvalue weighted by molar-refractivity contribution is 9.10. The molecule has 0 aliphatic heterocycles. The number of carbonyl (C=O) groups is 1. The number of nitrogens with one attached hydrogen (secondary N) is 1. The van der Waals surface area contributed by atoms with Gasteiger partial charge >= 0.3 is 0 Å². The van der Waals surface area contributed by atoms with Crippen LogP contribution >= 0.6 is 15.9 Å². The molecule has 3 aromatic rings. The molecule has 1 aliphatic rings. The zero-order valence-corrected chi connectivity index (χ0v) is 15.9. The molecule has 0 saturated heterocycles. The lowest BCUT2D eigenvalue weighted by atomic mass is 10.0. The Hall–Kier alpha value is -2.28. The smallest absolute Gasteiger partial charge is 0.259 e. The van der Waals surface area contributed by atoms with Crippen molar-refractivity contribution < 1.29 is 13.7 Å². The maximum atomic E-state index is 13.3. The zero-order valence-electron chi connectivity index (χ0n) is 14.3. The number of nitrogens with zero attached hydrogens (tertiary/aromatic N) is 2. The van der Waals surface area contributed by atoms with Crippen molar-refractivity contribution in [3.8, 4) is 0 Å². The Bertz CT molecular complexity index is 1010. The Balaban J connectivity index is 1.80. The van der Waals surface area contributed by atoms with Gasteiger partial charge in [-0.05, 0) is 59.0 Å². The Morgan fingerprint density at radius 1 is 1.35 bits per heavy atom. The predicted molar refractivity (Wildman–Crippen MR) is 99.9 cm³/mol. The lowest BCUT2D eigenvalue weighted by molar-refractivity contribution is 0.102. The Morgan fingerprint density at radius 2 is 2.12 bits per heavy atom. The predicted octanol–water partition coefficient (Wildman–Crippen LogP) is 5.38. The first-order valence-corrected chi connectivity index (χ1v) is 9.30. The van der Waals surface area contributed by atoms with E-state index in [0.717, 1.165) is 18.5 Å². The number of anilines is 1. The van der Waals surface area contributed by atoms with E-state index < -0.39 is 0 Å². The second-order valence-electron chi connectivity index (χ2n) is 6.85. The van der Waals surface area contributed by atoms with Crippen LogP contribution in [0.2, 0.25) is 0 Å². The molecule has 4 rings (SSSR count). The van der Waals surface area contributed by atoms with Crippen molar-refractivity contribution in [2.24, 2.45) is 0 Å². The van der Waals surface area contributed by atoms with Crippen molar-refractivity contribution in [3.05, 3.63) is 51.5 Å². The third kappa shape index (κ3) is 3.11. The standard InChI is InChI=1S/C19H17BrFN3O2/c1-9(2)17-16-12(8-15(10-3-4-10)23-19(16)26-24-17)18(25)22-14-6-5-11(21)7-13(14)20/h5-10H,3-4H2,1-2H3,(H,22,25). The number of rotatable bonds is 4. The molecule has 7 heteroatoms. The highest BCUT2D eigenvalue weighted by Crippen LogP contribution is 2.41. The Kier molecular flexibility index (Phi) is 4.26. The summed E-state index contributed by atoms with van der Waals surface area (Å²) in [5, 5.41) is 7.60. The number of benzene rings is 1. The molecule has 0 spiro atoms. The quantitative estimate of drug-likeness (QED) is 0.618. The van der Waals surface area contributed by atoms with Crippen LogP contribution in [-0.4, -0.2) is 16.0 Å². The molecule has 0 unspecified atom stereocenters. The molecule has 0 bridgehead atoms. The molecule has 5 nitrogen and oxygen atoms in total. The summed E-state index contributed by atoms with van der Waals surface area (Å²) in [6.07, 6.45) is 2.13. The zero-order chi connectivity index (χ0) is 18.4. The molecule has 1 aromatic carbocycles. The van der Waals surface area contributed by atoms with E-state index in [0.29, 0.717) is 38.4 Å². The first-order valence-electron chi connectivity index (χ1n) is 8.50. The number of halogens is 2. The van der Waals surface area contributed by atoms with Crippen molar-refractivity contribution in [1.29, 1.82) is 0 Å². The van der Waals surface area contributed by atoms with Crippen LogP contribution in [0.1, 0.15) is 60.3 Å². The van der Waals surface area contributed by atoms with Gasteiger partial charge in [-0.15, -0.1) is 0 Å².